The van der Waals surface area contributed by atoms with Crippen LogP contribution in [0, 0.1) is 13.8 Å². The largest absolute Gasteiger partial charge is 0.481 e. The van der Waals surface area contributed by atoms with Crippen LogP contribution in [-0.2, 0) is 10.5 Å². The highest BCUT2D eigenvalue weighted by Crippen LogP contribution is 2.20. The van der Waals surface area contributed by atoms with E-state index in [0.29, 0.717) is 0 Å². The molecule has 0 aromatic carbocycles. The second-order valence-corrected chi connectivity index (χ2v) is 5.16. The van der Waals surface area contributed by atoms with Gasteiger partial charge < -0.3 is 9.63 Å². The number of carboxylic acid groups (broad SMARTS) is 1. The van der Waals surface area contributed by atoms with Gasteiger partial charge in [0.2, 0.25) is 0 Å². The van der Waals surface area contributed by atoms with Crippen molar-refractivity contribution in [1.82, 2.24) is 5.16 Å². The quantitative estimate of drug-likeness (QED) is 0.725. The van der Waals surface area contributed by atoms with Crippen LogP contribution in [0.5, 0.6) is 0 Å². The highest BCUT2D eigenvalue weighted by molar-refractivity contribution is 7.98. The first kappa shape index (κ1) is 14.1. The van der Waals surface area contributed by atoms with Crippen molar-refractivity contribution >= 4 is 17.7 Å². The molecule has 5 heteroatoms. The number of aliphatic carboxylic acids is 1. The molecule has 0 atom stereocenters. The Morgan fingerprint density at radius 1 is 1.35 bits per heavy atom. The first-order valence-electron chi connectivity index (χ1n) is 5.82. The number of aryl methyl sites for hydroxylation is 2. The molecule has 1 aromatic rings. The van der Waals surface area contributed by atoms with E-state index in [2.05, 4.69) is 5.16 Å². The maximum absolute atomic E-state index is 10.3. The van der Waals surface area contributed by atoms with Gasteiger partial charge in [0.25, 0.3) is 0 Å². The number of carbonyl (C=O) groups is 1. The summed E-state index contributed by atoms with van der Waals surface area (Å²) in [6.07, 6.45) is 3.12. The molecular formula is C12H19NO3S. The van der Waals surface area contributed by atoms with Crippen molar-refractivity contribution in [2.45, 2.75) is 45.3 Å². The Hall–Kier alpha value is -0.970. The Labute approximate surface area is 106 Å². The van der Waals surface area contributed by atoms with Crippen LogP contribution >= 0.6 is 11.8 Å². The van der Waals surface area contributed by atoms with Gasteiger partial charge in [-0.1, -0.05) is 11.6 Å². The van der Waals surface area contributed by atoms with E-state index in [4.69, 9.17) is 9.63 Å². The molecule has 4 nitrogen and oxygen atoms in total. The number of thioether (sulfide) groups is 1. The van der Waals surface area contributed by atoms with Gasteiger partial charge in [0.1, 0.15) is 5.76 Å². The molecule has 1 heterocycles. The lowest BCUT2D eigenvalue weighted by Gasteiger charge is -2.01. The van der Waals surface area contributed by atoms with Crippen LogP contribution in [0.4, 0.5) is 0 Å². The van der Waals surface area contributed by atoms with Gasteiger partial charge >= 0.3 is 5.97 Å². The van der Waals surface area contributed by atoms with E-state index < -0.39 is 5.97 Å². The minimum absolute atomic E-state index is 0.286. The number of hydrogen-bond acceptors (Lipinski definition) is 4. The average Bonchev–Trinajstić information content (AvgIpc) is 2.58. The number of rotatable bonds is 8. The highest BCUT2D eigenvalue weighted by atomic mass is 32.2. The molecule has 0 amide bonds. The summed E-state index contributed by atoms with van der Waals surface area (Å²) in [5.74, 6) is 2.19. The summed E-state index contributed by atoms with van der Waals surface area (Å²) in [6.45, 7) is 3.89. The van der Waals surface area contributed by atoms with Crippen LogP contribution in [0.25, 0.3) is 0 Å². The number of hydrogen-bond donors (Lipinski definition) is 1. The van der Waals surface area contributed by atoms with E-state index >= 15 is 0 Å². The van der Waals surface area contributed by atoms with E-state index in [0.717, 1.165) is 42.2 Å². The van der Waals surface area contributed by atoms with E-state index in [1.165, 1.54) is 5.56 Å². The Bertz CT molecular complexity index is 343. The van der Waals surface area contributed by atoms with Crippen molar-refractivity contribution in [1.29, 1.82) is 0 Å². The zero-order valence-corrected chi connectivity index (χ0v) is 11.2. The molecule has 0 aliphatic rings. The first-order chi connectivity index (χ1) is 8.11. The molecule has 1 rings (SSSR count). The molecule has 17 heavy (non-hydrogen) atoms. The summed E-state index contributed by atoms with van der Waals surface area (Å²) < 4.78 is 5.09. The van der Waals surface area contributed by atoms with Crippen LogP contribution < -0.4 is 0 Å². The molecule has 0 saturated heterocycles. The third-order valence-corrected chi connectivity index (χ3v) is 3.68. The molecule has 0 bridgehead atoms. The fourth-order valence-electron chi connectivity index (χ4n) is 1.54. The van der Waals surface area contributed by atoms with Crippen LogP contribution in [-0.4, -0.2) is 22.0 Å². The molecule has 1 N–H and O–H groups in total. The van der Waals surface area contributed by atoms with Gasteiger partial charge in [0.15, 0.2) is 0 Å². The van der Waals surface area contributed by atoms with E-state index in [1.807, 2.05) is 25.6 Å². The van der Waals surface area contributed by atoms with Crippen LogP contribution in [0.1, 0.15) is 42.7 Å². The van der Waals surface area contributed by atoms with Gasteiger partial charge in [-0.25, -0.2) is 0 Å². The standard InChI is InChI=1S/C12H19NO3S/c1-9-11(10(2)16-13-9)8-17-7-5-3-4-6-12(14)15/h3-8H2,1-2H3,(H,14,15). The van der Waals surface area contributed by atoms with Gasteiger partial charge in [-0.2, -0.15) is 11.8 Å². The highest BCUT2D eigenvalue weighted by Gasteiger charge is 2.08. The lowest BCUT2D eigenvalue weighted by molar-refractivity contribution is -0.137. The number of unbranched alkanes of at least 4 members (excludes halogenated alkanes) is 2. The van der Waals surface area contributed by atoms with Crippen LogP contribution in [0.3, 0.4) is 0 Å². The summed E-state index contributed by atoms with van der Waals surface area (Å²) in [5, 5.41) is 12.4. The number of carboxylic acids is 1. The van der Waals surface area contributed by atoms with Gasteiger partial charge in [0.05, 0.1) is 5.69 Å². The van der Waals surface area contributed by atoms with E-state index in [9.17, 15) is 4.79 Å². The maximum atomic E-state index is 10.3. The molecule has 0 aliphatic heterocycles. The molecule has 1 aromatic heterocycles. The maximum Gasteiger partial charge on any atom is 0.303 e. The lowest BCUT2D eigenvalue weighted by Crippen LogP contribution is -1.94. The average molecular weight is 257 g/mol. The third-order valence-electron chi connectivity index (χ3n) is 2.61. The topological polar surface area (TPSA) is 63.3 Å². The second kappa shape index (κ2) is 7.37. The summed E-state index contributed by atoms with van der Waals surface area (Å²) in [4.78, 5) is 10.3. The van der Waals surface area contributed by atoms with Crippen molar-refractivity contribution in [3.8, 4) is 0 Å². The summed E-state index contributed by atoms with van der Waals surface area (Å²) >= 11 is 1.85. The van der Waals surface area contributed by atoms with E-state index in [-0.39, 0.29) is 6.42 Å². The predicted molar refractivity (Wildman–Crippen MR) is 68.2 cm³/mol. The van der Waals surface area contributed by atoms with Crippen molar-refractivity contribution < 1.29 is 14.4 Å². The first-order valence-corrected chi connectivity index (χ1v) is 6.98. The smallest absolute Gasteiger partial charge is 0.303 e. The van der Waals surface area contributed by atoms with Gasteiger partial charge in [-0.3, -0.25) is 4.79 Å². The SMILES string of the molecule is Cc1noc(C)c1CSCCCCCC(=O)O. The second-order valence-electron chi connectivity index (χ2n) is 4.06. The summed E-state index contributed by atoms with van der Waals surface area (Å²) in [6, 6.07) is 0. The van der Waals surface area contributed by atoms with Gasteiger partial charge in [-0.05, 0) is 32.4 Å². The normalized spacial score (nSPS) is 10.7. The van der Waals surface area contributed by atoms with Crippen molar-refractivity contribution in [3.63, 3.8) is 0 Å². The molecule has 0 radical (unpaired) electrons. The lowest BCUT2D eigenvalue weighted by atomic mass is 10.2. The molecule has 0 saturated carbocycles. The fraction of sp³-hybridized carbons (Fsp3) is 0.667. The molecule has 0 aliphatic carbocycles. The van der Waals surface area contributed by atoms with Gasteiger partial charge in [0, 0.05) is 17.7 Å². The molecule has 0 fully saturated rings. The minimum Gasteiger partial charge on any atom is -0.481 e. The monoisotopic (exact) mass is 257 g/mol. The summed E-state index contributed by atoms with van der Waals surface area (Å²) in [5.41, 5.74) is 2.17. The molecule has 96 valence electrons. The van der Waals surface area contributed by atoms with Crippen LogP contribution in [0.15, 0.2) is 4.52 Å². The fourth-order valence-corrected chi connectivity index (χ4v) is 2.71. The molecule has 0 unspecified atom stereocenters. The number of aromatic nitrogens is 1. The zero-order valence-electron chi connectivity index (χ0n) is 10.4. The third kappa shape index (κ3) is 5.26. The molecule has 0 spiro atoms. The Morgan fingerprint density at radius 3 is 2.71 bits per heavy atom. The van der Waals surface area contributed by atoms with Crippen LogP contribution in [0.2, 0.25) is 0 Å². The predicted octanol–water partition coefficient (Wildman–Crippen LogP) is 3.17. The Balaban J connectivity index is 2.07. The Kier molecular flexibility index (Phi) is 6.11. The minimum atomic E-state index is -0.701. The number of nitrogens with zero attached hydrogens (tertiary/aromatic N) is 1. The van der Waals surface area contributed by atoms with Crippen molar-refractivity contribution in [3.05, 3.63) is 17.0 Å². The summed E-state index contributed by atoms with van der Waals surface area (Å²) in [7, 11) is 0. The van der Waals surface area contributed by atoms with E-state index in [1.54, 1.807) is 0 Å². The van der Waals surface area contributed by atoms with Gasteiger partial charge in [-0.15, -0.1) is 0 Å². The molecular weight excluding hydrogens is 238 g/mol. The van der Waals surface area contributed by atoms with Crippen molar-refractivity contribution in [2.75, 3.05) is 5.75 Å². The van der Waals surface area contributed by atoms with Crippen molar-refractivity contribution in [2.24, 2.45) is 0 Å². The zero-order chi connectivity index (χ0) is 12.7. The Morgan fingerprint density at radius 2 is 2.12 bits per heavy atom.